The molecule has 1 atom stereocenters. The maximum atomic E-state index is 6.28. The quantitative estimate of drug-likeness (QED) is 0.824. The summed E-state index contributed by atoms with van der Waals surface area (Å²) in [7, 11) is 0. The second-order valence-electron chi connectivity index (χ2n) is 6.45. The van der Waals surface area contributed by atoms with Gasteiger partial charge in [-0.3, -0.25) is 0 Å². The van der Waals surface area contributed by atoms with Gasteiger partial charge in [-0.2, -0.15) is 0 Å². The number of ether oxygens (including phenoxy) is 1. The number of halogens is 2. The molecular weight excluding hydrogens is 281 g/mol. The van der Waals surface area contributed by atoms with E-state index in [1.807, 2.05) is 19.1 Å². The van der Waals surface area contributed by atoms with Gasteiger partial charge in [0.05, 0.1) is 28.0 Å². The molecule has 4 heteroatoms. The van der Waals surface area contributed by atoms with Gasteiger partial charge in [0, 0.05) is 5.02 Å². The zero-order valence-electron chi connectivity index (χ0n) is 12.1. The van der Waals surface area contributed by atoms with Gasteiger partial charge in [-0.1, -0.05) is 23.2 Å². The third-order valence-corrected chi connectivity index (χ3v) is 4.37. The van der Waals surface area contributed by atoms with Gasteiger partial charge in [-0.05, 0) is 58.7 Å². The number of anilines is 1. The van der Waals surface area contributed by atoms with E-state index in [1.165, 1.54) is 0 Å². The van der Waals surface area contributed by atoms with E-state index in [0.29, 0.717) is 5.02 Å². The molecule has 0 aromatic heterocycles. The lowest BCUT2D eigenvalue weighted by atomic mass is 9.94. The summed E-state index contributed by atoms with van der Waals surface area (Å²) in [4.78, 5) is 0. The van der Waals surface area contributed by atoms with Gasteiger partial charge < -0.3 is 10.1 Å². The Labute approximate surface area is 125 Å². The van der Waals surface area contributed by atoms with Crippen LogP contribution in [0.3, 0.4) is 0 Å². The Morgan fingerprint density at radius 1 is 1.16 bits per heavy atom. The van der Waals surface area contributed by atoms with Crippen LogP contribution in [0.4, 0.5) is 5.69 Å². The van der Waals surface area contributed by atoms with Crippen LogP contribution in [0.25, 0.3) is 0 Å². The van der Waals surface area contributed by atoms with Crippen LogP contribution in [0, 0.1) is 6.92 Å². The molecule has 1 aromatic carbocycles. The van der Waals surface area contributed by atoms with Gasteiger partial charge in [0.2, 0.25) is 0 Å². The lowest BCUT2D eigenvalue weighted by molar-refractivity contribution is -0.0662. The minimum absolute atomic E-state index is 0.123. The van der Waals surface area contributed by atoms with E-state index in [9.17, 15) is 0 Å². The number of hydrogen-bond donors (Lipinski definition) is 1. The van der Waals surface area contributed by atoms with Crippen molar-refractivity contribution in [2.45, 2.75) is 58.3 Å². The Morgan fingerprint density at radius 2 is 1.79 bits per heavy atom. The number of nitrogens with one attached hydrogen (secondary N) is 1. The van der Waals surface area contributed by atoms with Crippen molar-refractivity contribution in [3.05, 3.63) is 27.7 Å². The molecule has 1 aliphatic heterocycles. The fourth-order valence-corrected chi connectivity index (χ4v) is 3.17. The minimum Gasteiger partial charge on any atom is -0.378 e. The van der Waals surface area contributed by atoms with E-state index in [4.69, 9.17) is 27.9 Å². The molecule has 19 heavy (non-hydrogen) atoms. The van der Waals surface area contributed by atoms with E-state index < -0.39 is 0 Å². The lowest BCUT2D eigenvalue weighted by Gasteiger charge is -2.28. The van der Waals surface area contributed by atoms with Gasteiger partial charge in [0.25, 0.3) is 0 Å². The molecule has 0 spiro atoms. The zero-order chi connectivity index (χ0) is 14.4. The number of aryl methyl sites for hydroxylation is 1. The first kappa shape index (κ1) is 15.0. The molecule has 0 radical (unpaired) electrons. The molecule has 106 valence electrons. The molecule has 1 fully saturated rings. The Kier molecular flexibility index (Phi) is 3.81. The average molecular weight is 302 g/mol. The van der Waals surface area contributed by atoms with E-state index in [2.05, 4.69) is 33.0 Å². The lowest BCUT2D eigenvalue weighted by Crippen LogP contribution is -2.38. The third kappa shape index (κ3) is 3.18. The third-order valence-electron chi connectivity index (χ3n) is 3.65. The van der Waals surface area contributed by atoms with Crippen LogP contribution in [-0.4, -0.2) is 17.2 Å². The number of benzene rings is 1. The summed E-state index contributed by atoms with van der Waals surface area (Å²) in [6.07, 6.45) is 0.932. The summed E-state index contributed by atoms with van der Waals surface area (Å²) in [6, 6.07) is 3.99. The average Bonchev–Trinajstić information content (AvgIpc) is 2.43. The summed E-state index contributed by atoms with van der Waals surface area (Å²) >= 11 is 12.5. The Morgan fingerprint density at radius 3 is 2.32 bits per heavy atom. The van der Waals surface area contributed by atoms with Crippen LogP contribution in [0.5, 0.6) is 0 Å². The standard InChI is InChI=1S/C15H21Cl2NO/c1-9-6-11(17)12(7-10(9)16)18-13-8-14(2,3)19-15(13,4)5/h6-7,13,18H,8H2,1-5H3. The van der Waals surface area contributed by atoms with E-state index in [0.717, 1.165) is 22.7 Å². The maximum Gasteiger partial charge on any atom is 0.0834 e. The second-order valence-corrected chi connectivity index (χ2v) is 7.26. The first-order valence-electron chi connectivity index (χ1n) is 6.53. The molecule has 1 unspecified atom stereocenters. The Hall–Kier alpha value is -0.440. The molecule has 1 heterocycles. The minimum atomic E-state index is -0.232. The van der Waals surface area contributed by atoms with Gasteiger partial charge in [-0.15, -0.1) is 0 Å². The molecule has 0 bridgehead atoms. The van der Waals surface area contributed by atoms with Crippen molar-refractivity contribution in [1.29, 1.82) is 0 Å². The highest BCUT2D eigenvalue weighted by Crippen LogP contribution is 2.40. The molecule has 2 rings (SSSR count). The largest absolute Gasteiger partial charge is 0.378 e. The van der Waals surface area contributed by atoms with Crippen molar-refractivity contribution in [3.8, 4) is 0 Å². The van der Waals surface area contributed by atoms with Gasteiger partial charge in [-0.25, -0.2) is 0 Å². The van der Waals surface area contributed by atoms with E-state index in [1.54, 1.807) is 0 Å². The number of rotatable bonds is 2. The van der Waals surface area contributed by atoms with Crippen LogP contribution < -0.4 is 5.32 Å². The highest BCUT2D eigenvalue weighted by molar-refractivity contribution is 6.35. The van der Waals surface area contributed by atoms with E-state index in [-0.39, 0.29) is 17.2 Å². The Bertz CT molecular complexity index is 497. The van der Waals surface area contributed by atoms with Crippen LogP contribution >= 0.6 is 23.2 Å². The Balaban J connectivity index is 2.25. The van der Waals surface area contributed by atoms with Crippen LogP contribution in [-0.2, 0) is 4.74 Å². The van der Waals surface area contributed by atoms with Crippen molar-refractivity contribution in [3.63, 3.8) is 0 Å². The smallest absolute Gasteiger partial charge is 0.0834 e. The summed E-state index contributed by atoms with van der Waals surface area (Å²) in [5.74, 6) is 0. The van der Waals surface area contributed by atoms with Crippen molar-refractivity contribution in [2.24, 2.45) is 0 Å². The van der Waals surface area contributed by atoms with Gasteiger partial charge >= 0.3 is 0 Å². The molecular formula is C15H21Cl2NO. The molecule has 1 N–H and O–H groups in total. The van der Waals surface area contributed by atoms with Crippen LogP contribution in [0.2, 0.25) is 10.0 Å². The van der Waals surface area contributed by atoms with Crippen molar-refractivity contribution < 1.29 is 4.74 Å². The number of hydrogen-bond acceptors (Lipinski definition) is 2. The van der Waals surface area contributed by atoms with Crippen LogP contribution in [0.1, 0.15) is 39.7 Å². The normalized spacial score (nSPS) is 24.5. The van der Waals surface area contributed by atoms with E-state index >= 15 is 0 Å². The van der Waals surface area contributed by atoms with Gasteiger partial charge in [0.1, 0.15) is 0 Å². The maximum absolute atomic E-state index is 6.28. The van der Waals surface area contributed by atoms with Crippen molar-refractivity contribution in [2.75, 3.05) is 5.32 Å². The molecule has 0 aliphatic carbocycles. The molecule has 2 nitrogen and oxygen atoms in total. The molecule has 0 saturated carbocycles. The first-order valence-corrected chi connectivity index (χ1v) is 7.29. The summed E-state index contributed by atoms with van der Waals surface area (Å²) in [5.41, 5.74) is 1.50. The molecule has 1 aliphatic rings. The fraction of sp³-hybridized carbons (Fsp3) is 0.600. The van der Waals surface area contributed by atoms with Gasteiger partial charge in [0.15, 0.2) is 0 Å². The predicted octanol–water partition coefficient (Wildman–Crippen LogP) is 5.06. The highest BCUT2D eigenvalue weighted by atomic mass is 35.5. The molecule has 1 saturated heterocycles. The summed E-state index contributed by atoms with van der Waals surface area (Å²) in [6.45, 7) is 10.4. The van der Waals surface area contributed by atoms with Crippen molar-refractivity contribution >= 4 is 28.9 Å². The topological polar surface area (TPSA) is 21.3 Å². The van der Waals surface area contributed by atoms with Crippen LogP contribution in [0.15, 0.2) is 12.1 Å². The highest BCUT2D eigenvalue weighted by Gasteiger charge is 2.45. The fourth-order valence-electron chi connectivity index (χ4n) is 2.73. The monoisotopic (exact) mass is 301 g/mol. The predicted molar refractivity (Wildman–Crippen MR) is 82.5 cm³/mol. The first-order chi connectivity index (χ1) is 8.61. The zero-order valence-corrected chi connectivity index (χ0v) is 13.6. The summed E-state index contributed by atoms with van der Waals surface area (Å²) < 4.78 is 6.08. The SMILES string of the molecule is Cc1cc(Cl)c(NC2CC(C)(C)OC2(C)C)cc1Cl. The second kappa shape index (κ2) is 4.83. The molecule has 0 amide bonds. The van der Waals surface area contributed by atoms with Crippen molar-refractivity contribution in [1.82, 2.24) is 0 Å². The molecule has 1 aromatic rings. The summed E-state index contributed by atoms with van der Waals surface area (Å²) in [5, 5.41) is 4.90.